The maximum atomic E-state index is 12.7. The topological polar surface area (TPSA) is 55.4 Å². The Kier molecular flexibility index (Phi) is 6.35. The first-order valence-corrected chi connectivity index (χ1v) is 7.55. The molecule has 7 heteroatoms. The van der Waals surface area contributed by atoms with E-state index in [2.05, 4.69) is 5.32 Å². The summed E-state index contributed by atoms with van der Waals surface area (Å²) in [5.41, 5.74) is 1.07. The highest BCUT2D eigenvalue weighted by Gasteiger charge is 2.06. The highest BCUT2D eigenvalue weighted by molar-refractivity contribution is 6.42. The number of anilines is 1. The molecule has 1 N–H and O–H groups in total. The van der Waals surface area contributed by atoms with Gasteiger partial charge in [-0.3, -0.25) is 4.79 Å². The van der Waals surface area contributed by atoms with Crippen LogP contribution in [-0.4, -0.2) is 18.5 Å². The Bertz CT molecular complexity index is 776. The number of amides is 1. The number of rotatable bonds is 5. The third-order valence-electron chi connectivity index (χ3n) is 2.83. The van der Waals surface area contributed by atoms with Crippen LogP contribution >= 0.6 is 23.2 Å². The molecule has 2 rings (SSSR count). The van der Waals surface area contributed by atoms with Crippen molar-refractivity contribution < 1.29 is 18.7 Å². The lowest BCUT2D eigenvalue weighted by molar-refractivity contribution is -0.142. The SMILES string of the molecule is O=C(COC(=O)C=Cc1ccc(Cl)c(Cl)c1)Nc1ccc(F)cc1. The molecule has 2 aromatic rings. The zero-order chi connectivity index (χ0) is 17.5. The minimum atomic E-state index is -0.685. The number of nitrogens with one attached hydrogen (secondary N) is 1. The van der Waals surface area contributed by atoms with Crippen LogP contribution in [0.5, 0.6) is 0 Å². The van der Waals surface area contributed by atoms with Crippen molar-refractivity contribution in [1.29, 1.82) is 0 Å². The first kappa shape index (κ1) is 18.0. The quantitative estimate of drug-likeness (QED) is 0.632. The Balaban J connectivity index is 1.81. The van der Waals surface area contributed by atoms with Crippen LogP contribution in [0.3, 0.4) is 0 Å². The fourth-order valence-corrected chi connectivity index (χ4v) is 2.00. The van der Waals surface area contributed by atoms with Gasteiger partial charge < -0.3 is 10.1 Å². The fourth-order valence-electron chi connectivity index (χ4n) is 1.70. The van der Waals surface area contributed by atoms with Gasteiger partial charge in [-0.15, -0.1) is 0 Å². The molecule has 4 nitrogen and oxygen atoms in total. The Labute approximate surface area is 147 Å². The summed E-state index contributed by atoms with van der Waals surface area (Å²) in [5.74, 6) is -1.62. The van der Waals surface area contributed by atoms with Gasteiger partial charge >= 0.3 is 5.97 Å². The first-order valence-electron chi connectivity index (χ1n) is 6.79. The molecule has 2 aromatic carbocycles. The van der Waals surface area contributed by atoms with Gasteiger partial charge in [-0.05, 0) is 48.0 Å². The number of esters is 1. The van der Waals surface area contributed by atoms with Gasteiger partial charge in [0.05, 0.1) is 10.0 Å². The molecule has 0 radical (unpaired) electrons. The number of carbonyl (C=O) groups excluding carboxylic acids is 2. The summed E-state index contributed by atoms with van der Waals surface area (Å²) >= 11 is 11.7. The number of carbonyl (C=O) groups is 2. The molecule has 0 aliphatic carbocycles. The van der Waals surface area contributed by atoms with Gasteiger partial charge in [-0.2, -0.15) is 0 Å². The van der Waals surface area contributed by atoms with Gasteiger partial charge in [0.1, 0.15) is 5.82 Å². The average Bonchev–Trinajstić information content (AvgIpc) is 2.56. The molecule has 0 bridgehead atoms. The summed E-state index contributed by atoms with van der Waals surface area (Å²) in [6.07, 6.45) is 2.66. The monoisotopic (exact) mass is 367 g/mol. The molecular formula is C17H12Cl2FNO3. The Hall–Kier alpha value is -2.37. The van der Waals surface area contributed by atoms with Crippen LogP contribution in [0, 0.1) is 5.82 Å². The first-order chi connectivity index (χ1) is 11.4. The van der Waals surface area contributed by atoms with Crippen LogP contribution in [0.25, 0.3) is 6.08 Å². The Morgan fingerprint density at radius 1 is 1.08 bits per heavy atom. The molecule has 0 aliphatic heterocycles. The van der Waals surface area contributed by atoms with Crippen LogP contribution in [-0.2, 0) is 14.3 Å². The second kappa shape index (κ2) is 8.47. The molecule has 0 fully saturated rings. The number of hydrogen-bond acceptors (Lipinski definition) is 3. The molecular weight excluding hydrogens is 356 g/mol. The summed E-state index contributed by atoms with van der Waals surface area (Å²) in [5, 5.41) is 3.25. The lowest BCUT2D eigenvalue weighted by Gasteiger charge is -2.05. The van der Waals surface area contributed by atoms with Crippen LogP contribution in [0.1, 0.15) is 5.56 Å². The normalized spacial score (nSPS) is 10.6. The number of ether oxygens (including phenoxy) is 1. The third-order valence-corrected chi connectivity index (χ3v) is 3.57. The highest BCUT2D eigenvalue weighted by Crippen LogP contribution is 2.23. The van der Waals surface area contributed by atoms with Gasteiger partial charge in [0.25, 0.3) is 5.91 Å². The van der Waals surface area contributed by atoms with Crippen molar-refractivity contribution in [1.82, 2.24) is 0 Å². The van der Waals surface area contributed by atoms with Crippen LogP contribution < -0.4 is 5.32 Å². The molecule has 0 saturated heterocycles. The van der Waals surface area contributed by atoms with E-state index in [1.54, 1.807) is 18.2 Å². The molecule has 1 amide bonds. The summed E-state index contributed by atoms with van der Waals surface area (Å²) < 4.78 is 17.5. The molecule has 0 heterocycles. The van der Waals surface area contributed by atoms with Gasteiger partial charge in [-0.25, -0.2) is 9.18 Å². The van der Waals surface area contributed by atoms with E-state index in [0.717, 1.165) is 0 Å². The fraction of sp³-hybridized carbons (Fsp3) is 0.0588. The summed E-state index contributed by atoms with van der Waals surface area (Å²) in [6.45, 7) is -0.456. The smallest absolute Gasteiger partial charge is 0.331 e. The molecule has 0 aliphatic rings. The zero-order valence-electron chi connectivity index (χ0n) is 12.3. The maximum Gasteiger partial charge on any atom is 0.331 e. The van der Waals surface area contributed by atoms with E-state index in [-0.39, 0.29) is 0 Å². The largest absolute Gasteiger partial charge is 0.452 e. The van der Waals surface area contributed by atoms with Crippen molar-refractivity contribution in [3.63, 3.8) is 0 Å². The predicted octanol–water partition coefficient (Wildman–Crippen LogP) is 4.33. The minimum absolute atomic E-state index is 0.367. The van der Waals surface area contributed by atoms with Crippen molar-refractivity contribution in [2.24, 2.45) is 0 Å². The number of hydrogen-bond donors (Lipinski definition) is 1. The molecule has 0 saturated carbocycles. The van der Waals surface area contributed by atoms with Crippen LogP contribution in [0.4, 0.5) is 10.1 Å². The Morgan fingerprint density at radius 2 is 1.79 bits per heavy atom. The molecule has 0 aromatic heterocycles. The van der Waals surface area contributed by atoms with Crippen LogP contribution in [0.2, 0.25) is 10.0 Å². The van der Waals surface area contributed by atoms with E-state index in [4.69, 9.17) is 27.9 Å². The average molecular weight is 368 g/mol. The summed E-state index contributed by atoms with van der Waals surface area (Å²) in [4.78, 5) is 23.2. The van der Waals surface area contributed by atoms with Gasteiger partial charge in [0.2, 0.25) is 0 Å². The van der Waals surface area contributed by atoms with Crippen LogP contribution in [0.15, 0.2) is 48.5 Å². The third kappa shape index (κ3) is 5.68. The summed E-state index contributed by atoms with van der Waals surface area (Å²) in [7, 11) is 0. The molecule has 0 atom stereocenters. The maximum absolute atomic E-state index is 12.7. The highest BCUT2D eigenvalue weighted by atomic mass is 35.5. The van der Waals surface area contributed by atoms with E-state index in [1.165, 1.54) is 36.4 Å². The molecule has 124 valence electrons. The zero-order valence-corrected chi connectivity index (χ0v) is 13.8. The molecule has 0 unspecified atom stereocenters. The Morgan fingerprint density at radius 3 is 2.46 bits per heavy atom. The van der Waals surface area contributed by atoms with Gasteiger partial charge in [-0.1, -0.05) is 29.3 Å². The second-order valence-corrected chi connectivity index (χ2v) is 5.48. The number of halogens is 3. The lowest BCUT2D eigenvalue weighted by atomic mass is 10.2. The van der Waals surface area contributed by atoms with Crippen molar-refractivity contribution in [2.75, 3.05) is 11.9 Å². The van der Waals surface area contributed by atoms with Crippen molar-refractivity contribution in [3.8, 4) is 0 Å². The van der Waals surface area contributed by atoms with E-state index in [9.17, 15) is 14.0 Å². The lowest BCUT2D eigenvalue weighted by Crippen LogP contribution is -2.20. The van der Waals surface area contributed by atoms with Crippen molar-refractivity contribution >= 4 is 46.8 Å². The van der Waals surface area contributed by atoms with Gasteiger partial charge in [0, 0.05) is 11.8 Å². The van der Waals surface area contributed by atoms with Gasteiger partial charge in [0.15, 0.2) is 6.61 Å². The standard InChI is InChI=1S/C17H12Cl2FNO3/c18-14-7-1-11(9-15(14)19)2-8-17(23)24-10-16(22)21-13-5-3-12(20)4-6-13/h1-9H,10H2,(H,21,22). The van der Waals surface area contributed by atoms with Crippen molar-refractivity contribution in [3.05, 3.63) is 70.0 Å². The molecule has 24 heavy (non-hydrogen) atoms. The minimum Gasteiger partial charge on any atom is -0.452 e. The van der Waals surface area contributed by atoms with E-state index < -0.39 is 24.3 Å². The van der Waals surface area contributed by atoms with E-state index >= 15 is 0 Å². The van der Waals surface area contributed by atoms with E-state index in [0.29, 0.717) is 21.3 Å². The second-order valence-electron chi connectivity index (χ2n) is 4.67. The molecule has 0 spiro atoms. The van der Waals surface area contributed by atoms with E-state index in [1.807, 2.05) is 0 Å². The number of benzene rings is 2. The summed E-state index contributed by atoms with van der Waals surface area (Å²) in [6, 6.07) is 10.1. The predicted molar refractivity (Wildman–Crippen MR) is 91.5 cm³/mol. The van der Waals surface area contributed by atoms with Crippen molar-refractivity contribution in [2.45, 2.75) is 0 Å².